The van der Waals surface area contributed by atoms with Gasteiger partial charge in [-0.25, -0.2) is 9.98 Å². The Labute approximate surface area is 252 Å². The lowest BCUT2D eigenvalue weighted by atomic mass is 9.90. The fourth-order valence-corrected chi connectivity index (χ4v) is 4.88. The molecule has 2 fully saturated rings. The van der Waals surface area contributed by atoms with Crippen molar-refractivity contribution in [2.45, 2.75) is 66.5 Å². The molecule has 2 aliphatic heterocycles. The van der Waals surface area contributed by atoms with Gasteiger partial charge in [-0.1, -0.05) is 69.0 Å². The highest BCUT2D eigenvalue weighted by atomic mass is 15.3. The van der Waals surface area contributed by atoms with Gasteiger partial charge >= 0.3 is 0 Å². The average molecular weight is 564 g/mol. The molecule has 2 aromatic rings. The zero-order chi connectivity index (χ0) is 30.0. The van der Waals surface area contributed by atoms with E-state index < -0.39 is 0 Å². The van der Waals surface area contributed by atoms with E-state index in [-0.39, 0.29) is 9.02 Å². The number of guanidine groups is 1. The number of hydrogen-bond acceptors (Lipinski definition) is 4. The molecule has 0 radical (unpaired) electrons. The second-order valence-corrected chi connectivity index (χ2v) is 10.2. The summed E-state index contributed by atoms with van der Waals surface area (Å²) in [5.41, 5.74) is 10.3. The Hall–Kier alpha value is -3.58. The highest BCUT2D eigenvalue weighted by Gasteiger charge is 2.23. The molecule has 41 heavy (non-hydrogen) atoms. The minimum Gasteiger partial charge on any atom is -0.399 e. The van der Waals surface area contributed by atoms with Gasteiger partial charge in [0.25, 0.3) is 0 Å². The third kappa shape index (κ3) is 11.4. The van der Waals surface area contributed by atoms with Gasteiger partial charge in [0, 0.05) is 59.4 Å². The van der Waals surface area contributed by atoms with Crippen LogP contribution in [0.25, 0.3) is 0 Å². The number of piperidine rings is 1. The van der Waals surface area contributed by atoms with Crippen molar-refractivity contribution in [1.82, 2.24) is 15.1 Å². The van der Waals surface area contributed by atoms with Crippen LogP contribution in [0.1, 0.15) is 67.4 Å². The second-order valence-electron chi connectivity index (χ2n) is 10.2. The Morgan fingerprint density at radius 3 is 2.44 bits per heavy atom. The van der Waals surface area contributed by atoms with Gasteiger partial charge < -0.3 is 26.2 Å². The number of piperazine rings is 1. The van der Waals surface area contributed by atoms with Crippen molar-refractivity contribution in [3.05, 3.63) is 84.5 Å². The summed E-state index contributed by atoms with van der Waals surface area (Å²) in [7, 11) is 0. The number of anilines is 2. The van der Waals surface area contributed by atoms with Crippen molar-refractivity contribution in [2.75, 3.05) is 50.3 Å². The van der Waals surface area contributed by atoms with Gasteiger partial charge in [0.2, 0.25) is 5.96 Å². The molecule has 228 valence electrons. The number of aliphatic imine (C=N–C) groups is 2. The normalized spacial score (nSPS) is 18.5. The van der Waals surface area contributed by atoms with Crippen molar-refractivity contribution in [3.8, 4) is 0 Å². The van der Waals surface area contributed by atoms with E-state index in [4.69, 9.17) is 15.7 Å². The molecule has 2 aliphatic rings. The van der Waals surface area contributed by atoms with Crippen molar-refractivity contribution >= 4 is 23.2 Å². The summed E-state index contributed by atoms with van der Waals surface area (Å²) in [5, 5.41) is 6.92. The van der Waals surface area contributed by atoms with Crippen LogP contribution in [0.3, 0.4) is 0 Å². The lowest BCUT2D eigenvalue weighted by Crippen LogP contribution is -2.47. The van der Waals surface area contributed by atoms with Crippen molar-refractivity contribution in [3.63, 3.8) is 0 Å². The number of nitrogens with one attached hydrogen (secondary N) is 2. The molecule has 0 aromatic heterocycles. The van der Waals surface area contributed by atoms with E-state index in [9.17, 15) is 0 Å². The molecule has 0 amide bonds. The Morgan fingerprint density at radius 2 is 1.83 bits per heavy atom. The molecule has 2 saturated heterocycles. The Morgan fingerprint density at radius 1 is 1.12 bits per heavy atom. The molecule has 7 heteroatoms. The standard InChI is InChI=1S/C27H39N7.C5H8.C2H6.2H2/c1-20-18-25(11-12-26(20)28)30-21(2)31-27(33-16-13-29-14-17-33)32-22(3)34-15-7-10-24(19-34)23-8-5-4-6-9-23;1-3-5-4-2;1-2;;/h4-6,8-9,11-12,18,21,24,29-30H,7,10,13-17,19,28H2,1-3H3;3-5H,1H2,2H3;1-2H3;2*1H/b31-27+,32-22+;5-4-;;;. The summed E-state index contributed by atoms with van der Waals surface area (Å²) in [6.45, 7) is 21.4. The van der Waals surface area contributed by atoms with Crippen LogP contribution in [0.5, 0.6) is 0 Å². The number of likely N-dealkylation sites (tertiary alicyclic amines) is 1. The Kier molecular flexibility index (Phi) is 15.3. The van der Waals surface area contributed by atoms with Crippen molar-refractivity contribution in [2.24, 2.45) is 9.98 Å². The van der Waals surface area contributed by atoms with Crippen LogP contribution in [-0.2, 0) is 0 Å². The number of nitrogens with zero attached hydrogens (tertiary/aromatic N) is 4. The first kappa shape index (κ1) is 33.6. The first-order valence-corrected chi connectivity index (χ1v) is 15.2. The highest BCUT2D eigenvalue weighted by Crippen LogP contribution is 2.27. The molecule has 0 saturated carbocycles. The summed E-state index contributed by atoms with van der Waals surface area (Å²) < 4.78 is 0. The molecule has 2 atom stereocenters. The summed E-state index contributed by atoms with van der Waals surface area (Å²) in [6, 6.07) is 16.9. The maximum atomic E-state index is 5.98. The molecular weight excluding hydrogens is 506 g/mol. The SMILES string of the molecule is C/C(=N\C(=N/C(C)Nc1ccc(N)c(C)c1)N1CCNCC1)N1CCCC(c2ccccc2)C1.C=C/C=C\C.CC.[HH].[HH]. The molecular formula is C34H57N7. The first-order valence-electron chi connectivity index (χ1n) is 15.2. The maximum absolute atomic E-state index is 5.98. The van der Waals surface area contributed by atoms with E-state index in [0.29, 0.717) is 5.92 Å². The third-order valence-electron chi connectivity index (χ3n) is 7.09. The van der Waals surface area contributed by atoms with Gasteiger partial charge in [-0.2, -0.15) is 0 Å². The van der Waals surface area contributed by atoms with Gasteiger partial charge in [0.1, 0.15) is 12.0 Å². The largest absolute Gasteiger partial charge is 0.399 e. The molecule has 0 spiro atoms. The van der Waals surface area contributed by atoms with Crippen molar-refractivity contribution in [1.29, 1.82) is 0 Å². The van der Waals surface area contributed by atoms with E-state index in [0.717, 1.165) is 68.0 Å². The number of nitrogens with two attached hydrogens (primary N) is 1. The Balaban J connectivity index is 0.00000178. The molecule has 2 aromatic carbocycles. The molecule has 0 bridgehead atoms. The zero-order valence-electron chi connectivity index (χ0n) is 26.2. The van der Waals surface area contributed by atoms with Crippen LogP contribution in [-0.4, -0.2) is 67.0 Å². The quantitative estimate of drug-likeness (QED) is 0.156. The van der Waals surface area contributed by atoms with Gasteiger partial charge in [-0.3, -0.25) is 0 Å². The van der Waals surface area contributed by atoms with Gasteiger partial charge in [-0.15, -0.1) is 0 Å². The zero-order valence-corrected chi connectivity index (χ0v) is 26.2. The van der Waals surface area contributed by atoms with Gasteiger partial charge in [-0.05, 0) is 69.9 Å². The fourth-order valence-electron chi connectivity index (χ4n) is 4.88. The van der Waals surface area contributed by atoms with Gasteiger partial charge in [0.05, 0.1) is 0 Å². The molecule has 0 aliphatic carbocycles. The smallest absolute Gasteiger partial charge is 0.224 e. The summed E-state index contributed by atoms with van der Waals surface area (Å²) in [4.78, 5) is 14.8. The van der Waals surface area contributed by atoms with E-state index >= 15 is 0 Å². The second kappa shape index (κ2) is 18.7. The fraction of sp³-hybridized carbons (Fsp3) is 0.471. The summed E-state index contributed by atoms with van der Waals surface area (Å²) in [6.07, 6.45) is 7.88. The summed E-state index contributed by atoms with van der Waals surface area (Å²) >= 11 is 0. The van der Waals surface area contributed by atoms with Crippen LogP contribution in [0.4, 0.5) is 11.4 Å². The predicted molar refractivity (Wildman–Crippen MR) is 184 cm³/mol. The molecule has 4 N–H and O–H groups in total. The molecule has 2 unspecified atom stereocenters. The number of nitrogen functional groups attached to an aromatic ring is 1. The lowest BCUT2D eigenvalue weighted by molar-refractivity contribution is 0.306. The van der Waals surface area contributed by atoms with E-state index in [1.54, 1.807) is 6.08 Å². The van der Waals surface area contributed by atoms with Crippen LogP contribution in [0, 0.1) is 6.92 Å². The molecule has 4 rings (SSSR count). The van der Waals surface area contributed by atoms with Crippen LogP contribution in [0.15, 0.2) is 83.3 Å². The Bertz CT molecular complexity index is 1130. The number of hydrogen-bond donors (Lipinski definition) is 3. The lowest BCUT2D eigenvalue weighted by Gasteiger charge is -2.35. The van der Waals surface area contributed by atoms with E-state index in [2.05, 4.69) is 77.3 Å². The number of rotatable bonds is 5. The van der Waals surface area contributed by atoms with E-state index in [1.807, 2.05) is 52.0 Å². The number of amidine groups is 1. The first-order chi connectivity index (χ1) is 19.9. The third-order valence-corrected chi connectivity index (χ3v) is 7.09. The number of aryl methyl sites for hydroxylation is 1. The van der Waals surface area contributed by atoms with Crippen molar-refractivity contribution < 1.29 is 2.85 Å². The van der Waals surface area contributed by atoms with Gasteiger partial charge in [0.15, 0.2) is 0 Å². The topological polar surface area (TPSA) is 81.3 Å². The van der Waals surface area contributed by atoms with Crippen LogP contribution in [0.2, 0.25) is 0 Å². The average Bonchev–Trinajstić information content (AvgIpc) is 3.01. The number of allylic oxidation sites excluding steroid dienone is 3. The predicted octanol–water partition coefficient (Wildman–Crippen LogP) is 7.16. The minimum atomic E-state index is -0.108. The maximum Gasteiger partial charge on any atom is 0.224 e. The molecule has 2 heterocycles. The summed E-state index contributed by atoms with van der Waals surface area (Å²) in [5.74, 6) is 2.41. The molecule has 7 nitrogen and oxygen atoms in total. The highest BCUT2D eigenvalue weighted by molar-refractivity contribution is 5.95. The van der Waals surface area contributed by atoms with Crippen LogP contribution < -0.4 is 16.4 Å². The number of benzene rings is 2. The van der Waals surface area contributed by atoms with E-state index in [1.165, 1.54) is 18.4 Å². The minimum absolute atomic E-state index is 0. The monoisotopic (exact) mass is 563 g/mol. The van der Waals surface area contributed by atoms with Crippen LogP contribution >= 0.6 is 0 Å².